The van der Waals surface area contributed by atoms with Gasteiger partial charge in [-0.3, -0.25) is 0 Å². The number of nitrogens with zero attached hydrogens (tertiary/aromatic N) is 2. The molecule has 1 aromatic heterocycles. The maximum Gasteiger partial charge on any atom is 0.489 e. The van der Waals surface area contributed by atoms with Crippen LogP contribution in [0.4, 0.5) is 0 Å². The summed E-state index contributed by atoms with van der Waals surface area (Å²) < 4.78 is 7.65. The summed E-state index contributed by atoms with van der Waals surface area (Å²) >= 11 is 0. The van der Waals surface area contributed by atoms with E-state index in [9.17, 15) is 10.0 Å². The molecular weight excluding hydrogens is 267 g/mol. The summed E-state index contributed by atoms with van der Waals surface area (Å²) in [6.45, 7) is 4.84. The van der Waals surface area contributed by atoms with Crippen molar-refractivity contribution in [2.45, 2.75) is 45.3 Å². The van der Waals surface area contributed by atoms with Gasteiger partial charge in [0.2, 0.25) is 0 Å². The lowest BCUT2D eigenvalue weighted by molar-refractivity contribution is -0.0366. The van der Waals surface area contributed by atoms with Crippen LogP contribution in [-0.2, 0) is 4.74 Å². The van der Waals surface area contributed by atoms with Crippen LogP contribution in [-0.4, -0.2) is 33.6 Å². The lowest BCUT2D eigenvalue weighted by Crippen LogP contribution is -2.34. The topological polar surface area (TPSA) is 67.5 Å². The van der Waals surface area contributed by atoms with Crippen molar-refractivity contribution in [3.05, 3.63) is 23.9 Å². The minimum atomic E-state index is -1.49. The van der Waals surface area contributed by atoms with Gasteiger partial charge in [0, 0.05) is 12.0 Å². The van der Waals surface area contributed by atoms with E-state index in [1.54, 1.807) is 6.20 Å². The minimum Gasteiger partial charge on any atom is -0.423 e. The van der Waals surface area contributed by atoms with Crippen molar-refractivity contribution in [3.63, 3.8) is 0 Å². The molecule has 1 fully saturated rings. The van der Waals surface area contributed by atoms with E-state index in [0.29, 0.717) is 5.46 Å². The molecule has 2 aromatic rings. The number of ether oxygens (including phenoxy) is 1. The van der Waals surface area contributed by atoms with Gasteiger partial charge >= 0.3 is 7.12 Å². The molecule has 21 heavy (non-hydrogen) atoms. The molecule has 0 spiro atoms. The van der Waals surface area contributed by atoms with Crippen LogP contribution in [0.1, 0.15) is 50.8 Å². The molecule has 0 aliphatic carbocycles. The molecule has 0 radical (unpaired) electrons. The van der Waals surface area contributed by atoms with Crippen molar-refractivity contribution in [1.82, 2.24) is 9.78 Å². The third-order valence-corrected chi connectivity index (χ3v) is 4.16. The monoisotopic (exact) mass is 288 g/mol. The quantitative estimate of drug-likeness (QED) is 0.841. The predicted octanol–water partition coefficient (Wildman–Crippen LogP) is 1.54. The van der Waals surface area contributed by atoms with E-state index in [1.807, 2.05) is 30.7 Å². The second-order valence-corrected chi connectivity index (χ2v) is 5.94. The van der Waals surface area contributed by atoms with Crippen LogP contribution in [0.15, 0.2) is 18.3 Å². The van der Waals surface area contributed by atoms with Crippen LogP contribution in [0.3, 0.4) is 0 Å². The smallest absolute Gasteiger partial charge is 0.423 e. The largest absolute Gasteiger partial charge is 0.489 e. The van der Waals surface area contributed by atoms with E-state index >= 15 is 0 Å². The Balaban J connectivity index is 2.12. The summed E-state index contributed by atoms with van der Waals surface area (Å²) in [6, 6.07) is 3.96. The van der Waals surface area contributed by atoms with E-state index < -0.39 is 7.12 Å². The van der Waals surface area contributed by atoms with Crippen molar-refractivity contribution < 1.29 is 14.8 Å². The molecule has 5 nitrogen and oxygen atoms in total. The Morgan fingerprint density at radius 3 is 2.76 bits per heavy atom. The molecule has 0 amide bonds. The molecule has 0 saturated carbocycles. The van der Waals surface area contributed by atoms with Crippen LogP contribution < -0.4 is 5.46 Å². The van der Waals surface area contributed by atoms with E-state index in [4.69, 9.17) is 4.74 Å². The van der Waals surface area contributed by atoms with Gasteiger partial charge in [-0.1, -0.05) is 19.9 Å². The summed E-state index contributed by atoms with van der Waals surface area (Å²) in [6.07, 6.45) is 4.83. The molecular formula is C15H21BN2O3. The third kappa shape index (κ3) is 2.59. The average molecular weight is 288 g/mol. The average Bonchev–Trinajstić information content (AvgIpc) is 2.90. The van der Waals surface area contributed by atoms with Crippen molar-refractivity contribution >= 4 is 23.5 Å². The number of hydrogen-bond donors (Lipinski definition) is 2. The lowest BCUT2D eigenvalue weighted by atomic mass is 9.72. The standard InChI is InChI=1S/C15H21BN2O3/c1-10(2)11-6-7-13-12(15(11)16(19)20)9-17-18(13)14-5-3-4-8-21-14/h6-7,9-10,14,19-20H,3-5,8H2,1-2H3. The Hall–Kier alpha value is -1.37. The first-order valence-corrected chi connectivity index (χ1v) is 7.57. The third-order valence-electron chi connectivity index (χ3n) is 4.16. The Kier molecular flexibility index (Phi) is 4.02. The van der Waals surface area contributed by atoms with Crippen molar-refractivity contribution in [3.8, 4) is 0 Å². The van der Waals surface area contributed by atoms with Crippen molar-refractivity contribution in [2.24, 2.45) is 0 Å². The minimum absolute atomic E-state index is 0.0511. The van der Waals surface area contributed by atoms with Gasteiger partial charge in [-0.05, 0) is 42.3 Å². The normalized spacial score (nSPS) is 19.4. The first-order chi connectivity index (χ1) is 10.1. The van der Waals surface area contributed by atoms with Gasteiger partial charge in [0.25, 0.3) is 0 Å². The Morgan fingerprint density at radius 2 is 2.14 bits per heavy atom. The highest BCUT2D eigenvalue weighted by Crippen LogP contribution is 2.27. The molecule has 112 valence electrons. The highest BCUT2D eigenvalue weighted by atomic mass is 16.5. The van der Waals surface area contributed by atoms with Gasteiger partial charge in [-0.25, -0.2) is 4.68 Å². The molecule has 3 rings (SSSR count). The molecule has 0 bridgehead atoms. The summed E-state index contributed by atoms with van der Waals surface area (Å²) in [4.78, 5) is 0. The lowest BCUT2D eigenvalue weighted by Gasteiger charge is -2.23. The van der Waals surface area contributed by atoms with E-state index in [2.05, 4.69) is 5.10 Å². The summed E-state index contributed by atoms with van der Waals surface area (Å²) in [7, 11) is -1.49. The Bertz CT molecular complexity index is 633. The molecule has 1 unspecified atom stereocenters. The van der Waals surface area contributed by atoms with Gasteiger partial charge in [-0.15, -0.1) is 0 Å². The highest BCUT2D eigenvalue weighted by Gasteiger charge is 2.25. The van der Waals surface area contributed by atoms with Gasteiger partial charge in [0.05, 0.1) is 11.7 Å². The first-order valence-electron chi connectivity index (χ1n) is 7.57. The molecule has 2 N–H and O–H groups in total. The van der Waals surface area contributed by atoms with Crippen LogP contribution in [0.2, 0.25) is 0 Å². The molecule has 1 aliphatic heterocycles. The summed E-state index contributed by atoms with van der Waals surface area (Å²) in [5, 5.41) is 24.7. The maximum atomic E-state index is 9.76. The van der Waals surface area contributed by atoms with Gasteiger partial charge < -0.3 is 14.8 Å². The molecule has 1 atom stereocenters. The molecule has 2 heterocycles. The molecule has 1 saturated heterocycles. The van der Waals surface area contributed by atoms with Crippen molar-refractivity contribution in [1.29, 1.82) is 0 Å². The Morgan fingerprint density at radius 1 is 1.33 bits per heavy atom. The molecule has 1 aromatic carbocycles. The van der Waals surface area contributed by atoms with Crippen LogP contribution in [0.25, 0.3) is 10.9 Å². The fourth-order valence-corrected chi connectivity index (χ4v) is 3.10. The molecule has 6 heteroatoms. The fourth-order valence-electron chi connectivity index (χ4n) is 3.10. The van der Waals surface area contributed by atoms with Crippen molar-refractivity contribution in [2.75, 3.05) is 6.61 Å². The number of fused-ring (bicyclic) bond motifs is 1. The van der Waals surface area contributed by atoms with Gasteiger partial charge in [0.15, 0.2) is 6.23 Å². The van der Waals surface area contributed by atoms with E-state index in [-0.39, 0.29) is 12.1 Å². The summed E-state index contributed by atoms with van der Waals surface area (Å²) in [5.74, 6) is 0.223. The maximum absolute atomic E-state index is 9.76. The summed E-state index contributed by atoms with van der Waals surface area (Å²) in [5.41, 5.74) is 2.40. The highest BCUT2D eigenvalue weighted by molar-refractivity contribution is 6.62. The van der Waals surface area contributed by atoms with Crippen LogP contribution in [0, 0.1) is 0 Å². The van der Waals surface area contributed by atoms with E-state index in [0.717, 1.165) is 42.3 Å². The number of hydrogen-bond acceptors (Lipinski definition) is 4. The van der Waals surface area contributed by atoms with Gasteiger partial charge in [0.1, 0.15) is 0 Å². The number of benzene rings is 1. The van der Waals surface area contributed by atoms with Crippen LogP contribution in [0.5, 0.6) is 0 Å². The zero-order valence-electron chi connectivity index (χ0n) is 12.5. The number of aromatic nitrogens is 2. The SMILES string of the molecule is CC(C)c1ccc2c(cnn2C2CCCCO2)c1B(O)O. The Labute approximate surface area is 124 Å². The van der Waals surface area contributed by atoms with Crippen LogP contribution >= 0.6 is 0 Å². The number of rotatable bonds is 3. The second kappa shape index (κ2) is 5.79. The predicted molar refractivity (Wildman–Crippen MR) is 82.5 cm³/mol. The second-order valence-electron chi connectivity index (χ2n) is 5.94. The molecule has 1 aliphatic rings. The van der Waals surface area contributed by atoms with Gasteiger partial charge in [-0.2, -0.15) is 5.10 Å². The first kappa shape index (κ1) is 14.6. The fraction of sp³-hybridized carbons (Fsp3) is 0.533. The zero-order chi connectivity index (χ0) is 15.0. The zero-order valence-corrected chi connectivity index (χ0v) is 12.5. The van der Waals surface area contributed by atoms with E-state index in [1.165, 1.54) is 0 Å².